The Kier molecular flexibility index (Phi) is 3.82. The quantitative estimate of drug-likeness (QED) is 0.667. The molecule has 0 aliphatic carbocycles. The molecule has 5 heterocycles. The lowest BCUT2D eigenvalue weighted by Gasteiger charge is -2.43. The summed E-state index contributed by atoms with van der Waals surface area (Å²) in [4.78, 5) is 18.7. The van der Waals surface area contributed by atoms with E-state index < -0.39 is 0 Å². The van der Waals surface area contributed by atoms with Gasteiger partial charge in [0.2, 0.25) is 0 Å². The zero-order chi connectivity index (χ0) is 19.4. The van der Waals surface area contributed by atoms with Crippen LogP contribution in [0.4, 0.5) is 0 Å². The van der Waals surface area contributed by atoms with Crippen LogP contribution >= 0.6 is 0 Å². The highest BCUT2D eigenvalue weighted by atomic mass is 16.5. The third-order valence-corrected chi connectivity index (χ3v) is 6.76. The second-order valence-electron chi connectivity index (χ2n) is 8.24. The summed E-state index contributed by atoms with van der Waals surface area (Å²) in [5, 5.41) is 8.63. The van der Waals surface area contributed by atoms with E-state index in [1.54, 1.807) is 0 Å². The fraction of sp³-hybridized carbons (Fsp3) is 0.455. The van der Waals surface area contributed by atoms with E-state index in [0.29, 0.717) is 32.0 Å². The first-order valence-corrected chi connectivity index (χ1v) is 10.4. The number of carbonyl (C=O) groups excluding carboxylic acids is 1. The molecule has 2 N–H and O–H groups in total. The van der Waals surface area contributed by atoms with Gasteiger partial charge in [-0.25, -0.2) is 0 Å². The molecule has 29 heavy (non-hydrogen) atoms. The summed E-state index contributed by atoms with van der Waals surface area (Å²) in [5.41, 5.74) is 5.92. The standard InChI is InChI=1S/C22H24N4O3/c27-21(19-16-13-28-11-6-18(16)24-25-19)26-9-7-22(8-10-26)20-15(5-12-29-22)14-3-1-2-4-17(14)23-20/h1-4,23H,5-13H2,(H,24,25). The van der Waals surface area contributed by atoms with Gasteiger partial charge in [-0.3, -0.25) is 9.89 Å². The van der Waals surface area contributed by atoms with Gasteiger partial charge in [0.1, 0.15) is 5.60 Å². The molecule has 7 nitrogen and oxygen atoms in total. The maximum Gasteiger partial charge on any atom is 0.274 e. The minimum absolute atomic E-state index is 0.00414. The number of rotatable bonds is 1. The highest BCUT2D eigenvalue weighted by Gasteiger charge is 2.44. The molecular formula is C22H24N4O3. The van der Waals surface area contributed by atoms with Crippen molar-refractivity contribution in [3.05, 3.63) is 52.5 Å². The van der Waals surface area contributed by atoms with E-state index in [1.165, 1.54) is 22.2 Å². The molecule has 0 unspecified atom stereocenters. The van der Waals surface area contributed by atoms with Gasteiger partial charge in [0.25, 0.3) is 5.91 Å². The minimum atomic E-state index is -0.322. The topological polar surface area (TPSA) is 83.2 Å². The number of carbonyl (C=O) groups is 1. The van der Waals surface area contributed by atoms with Crippen molar-refractivity contribution < 1.29 is 14.3 Å². The number of piperidine rings is 1. The van der Waals surface area contributed by atoms with Gasteiger partial charge in [0.15, 0.2) is 5.69 Å². The average Bonchev–Trinajstić information content (AvgIpc) is 3.37. The van der Waals surface area contributed by atoms with Gasteiger partial charge in [-0.05, 0) is 30.9 Å². The summed E-state index contributed by atoms with van der Waals surface area (Å²) >= 11 is 0. The van der Waals surface area contributed by atoms with E-state index in [1.807, 2.05) is 4.90 Å². The second kappa shape index (κ2) is 6.43. The summed E-state index contributed by atoms with van der Waals surface area (Å²) in [6.45, 7) is 3.20. The normalized spacial score (nSPS) is 20.6. The SMILES string of the molecule is O=C(c1n[nH]c2c1COCC2)N1CCC2(CC1)OCCc1c2[nH]c2ccccc12. The number of fused-ring (bicyclic) bond motifs is 5. The van der Waals surface area contributed by atoms with Crippen molar-refractivity contribution in [1.29, 1.82) is 0 Å². The number of benzene rings is 1. The molecule has 1 fully saturated rings. The number of hydrogen-bond donors (Lipinski definition) is 2. The van der Waals surface area contributed by atoms with E-state index in [2.05, 4.69) is 39.4 Å². The number of amides is 1. The summed E-state index contributed by atoms with van der Waals surface area (Å²) in [6.07, 6.45) is 3.31. The first-order valence-electron chi connectivity index (χ1n) is 10.4. The molecule has 0 saturated carbocycles. The lowest BCUT2D eigenvalue weighted by atomic mass is 9.83. The number of H-pyrrole nitrogens is 2. The molecule has 3 aliphatic heterocycles. The molecule has 150 valence electrons. The second-order valence-corrected chi connectivity index (χ2v) is 8.24. The Bertz CT molecular complexity index is 1090. The molecule has 0 radical (unpaired) electrons. The molecular weight excluding hydrogens is 368 g/mol. The fourth-order valence-electron chi connectivity index (χ4n) is 5.17. The van der Waals surface area contributed by atoms with Gasteiger partial charge in [-0.1, -0.05) is 18.2 Å². The Hall–Kier alpha value is -2.64. The average molecular weight is 392 g/mol. The summed E-state index contributed by atoms with van der Waals surface area (Å²) in [7, 11) is 0. The predicted octanol–water partition coefficient (Wildman–Crippen LogP) is 2.67. The number of aromatic amines is 2. The largest absolute Gasteiger partial charge is 0.376 e. The zero-order valence-corrected chi connectivity index (χ0v) is 16.3. The van der Waals surface area contributed by atoms with Gasteiger partial charge < -0.3 is 19.4 Å². The van der Waals surface area contributed by atoms with Gasteiger partial charge in [0, 0.05) is 41.7 Å². The highest BCUT2D eigenvalue weighted by Crippen LogP contribution is 2.43. The maximum atomic E-state index is 13.1. The van der Waals surface area contributed by atoms with Crippen molar-refractivity contribution in [3.8, 4) is 0 Å². The van der Waals surface area contributed by atoms with Crippen LogP contribution in [-0.4, -0.2) is 52.3 Å². The van der Waals surface area contributed by atoms with Gasteiger partial charge >= 0.3 is 0 Å². The Morgan fingerprint density at radius 2 is 1.97 bits per heavy atom. The molecule has 7 heteroatoms. The minimum Gasteiger partial charge on any atom is -0.376 e. The van der Waals surface area contributed by atoms with Crippen molar-refractivity contribution in [3.63, 3.8) is 0 Å². The molecule has 0 atom stereocenters. The molecule has 1 saturated heterocycles. The molecule has 1 amide bonds. The Balaban J connectivity index is 1.26. The number of nitrogens with one attached hydrogen (secondary N) is 2. The fourth-order valence-corrected chi connectivity index (χ4v) is 5.17. The van der Waals surface area contributed by atoms with E-state index in [0.717, 1.165) is 43.5 Å². The van der Waals surface area contributed by atoms with Crippen LogP contribution in [0.1, 0.15) is 45.8 Å². The van der Waals surface area contributed by atoms with Crippen LogP contribution in [0.25, 0.3) is 10.9 Å². The lowest BCUT2D eigenvalue weighted by Crippen LogP contribution is -2.48. The monoisotopic (exact) mass is 392 g/mol. The molecule has 0 bridgehead atoms. The van der Waals surface area contributed by atoms with Crippen molar-refractivity contribution in [2.24, 2.45) is 0 Å². The maximum absolute atomic E-state index is 13.1. The number of nitrogens with zero attached hydrogens (tertiary/aromatic N) is 2. The predicted molar refractivity (Wildman–Crippen MR) is 107 cm³/mol. The number of para-hydroxylation sites is 1. The van der Waals surface area contributed by atoms with Crippen LogP contribution in [0.3, 0.4) is 0 Å². The van der Waals surface area contributed by atoms with Gasteiger partial charge in [-0.2, -0.15) is 5.10 Å². The van der Waals surface area contributed by atoms with Crippen molar-refractivity contribution in [2.45, 2.75) is 37.9 Å². The van der Waals surface area contributed by atoms with E-state index >= 15 is 0 Å². The zero-order valence-electron chi connectivity index (χ0n) is 16.3. The molecule has 2 aromatic heterocycles. The van der Waals surface area contributed by atoms with Crippen LogP contribution in [0.5, 0.6) is 0 Å². The Morgan fingerprint density at radius 1 is 1.10 bits per heavy atom. The molecule has 3 aliphatic rings. The summed E-state index contributed by atoms with van der Waals surface area (Å²) in [6, 6.07) is 8.47. The van der Waals surface area contributed by atoms with Crippen molar-refractivity contribution >= 4 is 16.8 Å². The van der Waals surface area contributed by atoms with Crippen LogP contribution < -0.4 is 0 Å². The highest BCUT2D eigenvalue weighted by molar-refractivity contribution is 5.94. The van der Waals surface area contributed by atoms with E-state index in [-0.39, 0.29) is 11.5 Å². The van der Waals surface area contributed by atoms with Crippen LogP contribution in [0.15, 0.2) is 24.3 Å². The summed E-state index contributed by atoms with van der Waals surface area (Å²) in [5.74, 6) is -0.00414. The molecule has 1 spiro atoms. The van der Waals surface area contributed by atoms with E-state index in [9.17, 15) is 4.79 Å². The van der Waals surface area contributed by atoms with Crippen LogP contribution in [-0.2, 0) is 34.5 Å². The van der Waals surface area contributed by atoms with E-state index in [4.69, 9.17) is 9.47 Å². The Labute approximate surface area is 168 Å². The van der Waals surface area contributed by atoms with Crippen molar-refractivity contribution in [2.75, 3.05) is 26.3 Å². The first-order chi connectivity index (χ1) is 14.3. The van der Waals surface area contributed by atoms with Gasteiger partial charge in [-0.15, -0.1) is 0 Å². The van der Waals surface area contributed by atoms with Crippen molar-refractivity contribution in [1.82, 2.24) is 20.1 Å². The van der Waals surface area contributed by atoms with Crippen LogP contribution in [0.2, 0.25) is 0 Å². The smallest absolute Gasteiger partial charge is 0.274 e. The van der Waals surface area contributed by atoms with Gasteiger partial charge in [0.05, 0.1) is 25.5 Å². The molecule has 6 rings (SSSR count). The number of aromatic nitrogens is 3. The number of likely N-dealkylation sites (tertiary alicyclic amines) is 1. The van der Waals surface area contributed by atoms with Crippen LogP contribution in [0, 0.1) is 0 Å². The third-order valence-electron chi connectivity index (χ3n) is 6.76. The Morgan fingerprint density at radius 3 is 2.86 bits per heavy atom. The first kappa shape index (κ1) is 17.2. The summed E-state index contributed by atoms with van der Waals surface area (Å²) < 4.78 is 11.9. The lowest BCUT2D eigenvalue weighted by molar-refractivity contribution is -0.0958. The third kappa shape index (κ3) is 2.57. The molecule has 3 aromatic rings. The number of ether oxygens (including phenoxy) is 2. The molecule has 1 aromatic carbocycles. The number of hydrogen-bond acceptors (Lipinski definition) is 4.